The van der Waals surface area contributed by atoms with Gasteiger partial charge in [0.25, 0.3) is 0 Å². The van der Waals surface area contributed by atoms with E-state index in [2.05, 4.69) is 33.0 Å². The number of aromatic nitrogens is 2. The largest absolute Gasteiger partial charge is 0.358 e. The summed E-state index contributed by atoms with van der Waals surface area (Å²) >= 11 is 0. The first-order valence-corrected chi connectivity index (χ1v) is 6.61. The second-order valence-electron chi connectivity index (χ2n) is 4.57. The molecule has 0 aromatic carbocycles. The molecule has 0 bridgehead atoms. The van der Waals surface area contributed by atoms with E-state index in [1.807, 2.05) is 0 Å². The lowest BCUT2D eigenvalue weighted by Gasteiger charge is -2.24. The molecule has 19 heavy (non-hydrogen) atoms. The number of nitrogens with two attached hydrogens (primary N) is 1. The van der Waals surface area contributed by atoms with Gasteiger partial charge in [0.1, 0.15) is 24.0 Å². The first-order chi connectivity index (χ1) is 9.26. The van der Waals surface area contributed by atoms with Gasteiger partial charge in [0.15, 0.2) is 0 Å². The smallest absolute Gasteiger partial charge is 0.242 e. The lowest BCUT2D eigenvalue weighted by Crippen LogP contribution is -2.44. The van der Waals surface area contributed by atoms with Crippen molar-refractivity contribution in [3.63, 3.8) is 0 Å². The number of nitrogen functional groups attached to an aromatic ring is 1. The van der Waals surface area contributed by atoms with Crippen LogP contribution in [-0.2, 0) is 11.2 Å². The van der Waals surface area contributed by atoms with Crippen molar-refractivity contribution in [2.75, 3.05) is 17.3 Å². The molecule has 104 valence electrons. The van der Waals surface area contributed by atoms with Crippen LogP contribution in [0.2, 0.25) is 0 Å². The van der Waals surface area contributed by atoms with Crippen molar-refractivity contribution in [2.45, 2.75) is 38.6 Å². The average molecular weight is 264 g/mol. The predicted molar refractivity (Wildman–Crippen MR) is 73.5 cm³/mol. The van der Waals surface area contributed by atoms with Crippen molar-refractivity contribution in [3.05, 3.63) is 11.9 Å². The molecule has 1 aliphatic rings. The highest BCUT2D eigenvalue weighted by molar-refractivity contribution is 5.85. The van der Waals surface area contributed by atoms with Crippen LogP contribution in [0.15, 0.2) is 6.33 Å². The second kappa shape index (κ2) is 6.33. The molecule has 0 aliphatic carbocycles. The van der Waals surface area contributed by atoms with Gasteiger partial charge in [-0.3, -0.25) is 4.79 Å². The molecule has 1 saturated heterocycles. The van der Waals surface area contributed by atoms with E-state index >= 15 is 0 Å². The molecule has 0 spiro atoms. The minimum absolute atomic E-state index is 0.0227. The maximum Gasteiger partial charge on any atom is 0.242 e. The maximum atomic E-state index is 11.8. The fraction of sp³-hybridized carbons (Fsp3) is 0.583. The minimum atomic E-state index is -0.232. The number of amides is 1. The molecule has 1 amide bonds. The van der Waals surface area contributed by atoms with Crippen molar-refractivity contribution >= 4 is 17.5 Å². The number of nitrogens with zero attached hydrogens (tertiary/aromatic N) is 2. The predicted octanol–water partition coefficient (Wildman–Crippen LogP) is 0.405. The number of nitrogens with one attached hydrogen (secondary N) is 3. The lowest BCUT2D eigenvalue weighted by atomic mass is 10.1. The molecule has 5 N–H and O–H groups in total. The first-order valence-electron chi connectivity index (χ1n) is 6.61. The first kappa shape index (κ1) is 13.5. The summed E-state index contributed by atoms with van der Waals surface area (Å²) < 4.78 is 0. The van der Waals surface area contributed by atoms with Crippen LogP contribution in [0.5, 0.6) is 0 Å². The van der Waals surface area contributed by atoms with E-state index in [-0.39, 0.29) is 11.9 Å². The SMILES string of the molecule is CCCc1c(NN)ncnc1NC1CCCNC1=O. The number of hydrogen-bond donors (Lipinski definition) is 4. The lowest BCUT2D eigenvalue weighted by molar-refractivity contribution is -0.123. The fourth-order valence-electron chi connectivity index (χ4n) is 2.22. The van der Waals surface area contributed by atoms with Crippen molar-refractivity contribution in [2.24, 2.45) is 5.84 Å². The van der Waals surface area contributed by atoms with E-state index in [9.17, 15) is 4.79 Å². The Morgan fingerprint density at radius 2 is 2.26 bits per heavy atom. The molecular weight excluding hydrogens is 244 g/mol. The monoisotopic (exact) mass is 264 g/mol. The molecule has 1 unspecified atom stereocenters. The van der Waals surface area contributed by atoms with E-state index in [0.717, 1.165) is 37.8 Å². The van der Waals surface area contributed by atoms with Crippen molar-refractivity contribution in [1.29, 1.82) is 0 Å². The van der Waals surface area contributed by atoms with Crippen LogP contribution >= 0.6 is 0 Å². The highest BCUT2D eigenvalue weighted by atomic mass is 16.2. The summed E-state index contributed by atoms with van der Waals surface area (Å²) in [4.78, 5) is 20.1. The van der Waals surface area contributed by atoms with E-state index in [4.69, 9.17) is 5.84 Å². The number of hydrogen-bond acceptors (Lipinski definition) is 6. The zero-order valence-electron chi connectivity index (χ0n) is 11.1. The fourth-order valence-corrected chi connectivity index (χ4v) is 2.22. The van der Waals surface area contributed by atoms with Crippen molar-refractivity contribution in [3.8, 4) is 0 Å². The molecule has 0 saturated carbocycles. The standard InChI is InChI=1S/C12H20N6O/c1-2-4-8-10(15-7-16-11(8)18-13)17-9-5-3-6-14-12(9)19/h7,9H,2-6,13H2,1H3,(H,14,19)(H2,15,16,17,18). The molecular formula is C12H20N6O. The molecule has 2 rings (SSSR count). The topological polar surface area (TPSA) is 105 Å². The number of rotatable bonds is 5. The Hall–Kier alpha value is -1.89. The summed E-state index contributed by atoms with van der Waals surface area (Å²) in [6.45, 7) is 2.82. The van der Waals surface area contributed by atoms with Gasteiger partial charge in [-0.05, 0) is 19.3 Å². The Labute approximate surface area is 112 Å². The summed E-state index contributed by atoms with van der Waals surface area (Å²) in [5.41, 5.74) is 3.50. The Morgan fingerprint density at radius 1 is 1.47 bits per heavy atom. The van der Waals surface area contributed by atoms with E-state index in [1.54, 1.807) is 0 Å². The van der Waals surface area contributed by atoms with Crippen LogP contribution in [0.4, 0.5) is 11.6 Å². The van der Waals surface area contributed by atoms with Gasteiger partial charge in [-0.25, -0.2) is 15.8 Å². The van der Waals surface area contributed by atoms with E-state index < -0.39 is 0 Å². The Morgan fingerprint density at radius 3 is 2.95 bits per heavy atom. The van der Waals surface area contributed by atoms with Gasteiger partial charge in [-0.15, -0.1) is 0 Å². The number of anilines is 2. The number of hydrazine groups is 1. The van der Waals surface area contributed by atoms with Crippen LogP contribution in [-0.4, -0.2) is 28.5 Å². The molecule has 1 aromatic rings. The van der Waals surface area contributed by atoms with E-state index in [1.165, 1.54) is 6.33 Å². The quantitative estimate of drug-likeness (QED) is 0.453. The van der Waals surface area contributed by atoms with Gasteiger partial charge in [0, 0.05) is 12.1 Å². The Balaban J connectivity index is 2.20. The van der Waals surface area contributed by atoms with Gasteiger partial charge in [0.2, 0.25) is 5.91 Å². The Bertz CT molecular complexity index is 450. The molecule has 1 fully saturated rings. The number of carbonyl (C=O) groups excluding carboxylic acids is 1. The van der Waals surface area contributed by atoms with Crippen LogP contribution in [0.1, 0.15) is 31.7 Å². The summed E-state index contributed by atoms with van der Waals surface area (Å²) in [6.07, 6.45) is 4.98. The molecule has 1 aliphatic heterocycles. The van der Waals surface area contributed by atoms with Crippen molar-refractivity contribution < 1.29 is 4.79 Å². The molecule has 7 heteroatoms. The zero-order valence-corrected chi connectivity index (χ0v) is 11.1. The van der Waals surface area contributed by atoms with Crippen LogP contribution in [0.3, 0.4) is 0 Å². The van der Waals surface area contributed by atoms with Crippen molar-refractivity contribution in [1.82, 2.24) is 15.3 Å². The Kier molecular flexibility index (Phi) is 4.51. The van der Waals surface area contributed by atoms with Gasteiger partial charge >= 0.3 is 0 Å². The molecule has 1 aromatic heterocycles. The normalized spacial score (nSPS) is 18.8. The molecule has 7 nitrogen and oxygen atoms in total. The van der Waals surface area contributed by atoms with Gasteiger partial charge in [0.05, 0.1) is 0 Å². The summed E-state index contributed by atoms with van der Waals surface area (Å²) in [7, 11) is 0. The van der Waals surface area contributed by atoms with Crippen LogP contribution < -0.4 is 21.9 Å². The summed E-state index contributed by atoms with van der Waals surface area (Å²) in [6, 6.07) is -0.232. The average Bonchev–Trinajstić information content (AvgIpc) is 2.43. The van der Waals surface area contributed by atoms with Crippen LogP contribution in [0, 0.1) is 0 Å². The molecule has 2 heterocycles. The third kappa shape index (κ3) is 3.11. The number of piperidine rings is 1. The van der Waals surface area contributed by atoms with E-state index in [0.29, 0.717) is 11.6 Å². The highest BCUT2D eigenvalue weighted by Crippen LogP contribution is 2.22. The third-order valence-electron chi connectivity index (χ3n) is 3.18. The number of carbonyl (C=O) groups is 1. The minimum Gasteiger partial charge on any atom is -0.358 e. The third-order valence-corrected chi connectivity index (χ3v) is 3.18. The molecule has 1 atom stereocenters. The van der Waals surface area contributed by atoms with Gasteiger partial charge in [-0.2, -0.15) is 0 Å². The second-order valence-corrected chi connectivity index (χ2v) is 4.57. The molecule has 0 radical (unpaired) electrons. The zero-order chi connectivity index (χ0) is 13.7. The van der Waals surface area contributed by atoms with Gasteiger partial charge < -0.3 is 16.1 Å². The summed E-state index contributed by atoms with van der Waals surface area (Å²) in [5, 5.41) is 6.05. The van der Waals surface area contributed by atoms with Crippen LogP contribution in [0.25, 0.3) is 0 Å². The highest BCUT2D eigenvalue weighted by Gasteiger charge is 2.23. The van der Waals surface area contributed by atoms with Gasteiger partial charge in [-0.1, -0.05) is 13.3 Å². The summed E-state index contributed by atoms with van der Waals surface area (Å²) in [5.74, 6) is 6.78. The maximum absolute atomic E-state index is 11.8.